The molecule has 7 nitrogen and oxygen atoms in total. The second-order valence-electron chi connectivity index (χ2n) is 5.85. The molecule has 2 N–H and O–H groups in total. The van der Waals surface area contributed by atoms with Crippen LogP contribution in [0.4, 0.5) is 11.6 Å². The van der Waals surface area contributed by atoms with Crippen molar-refractivity contribution in [3.63, 3.8) is 0 Å². The Morgan fingerprint density at radius 3 is 2.79 bits per heavy atom. The second-order valence-corrected chi connectivity index (χ2v) is 5.85. The lowest BCUT2D eigenvalue weighted by Gasteiger charge is -2.19. The second kappa shape index (κ2) is 7.16. The lowest BCUT2D eigenvalue weighted by Crippen LogP contribution is -2.28. The van der Waals surface area contributed by atoms with Gasteiger partial charge < -0.3 is 20.1 Å². The summed E-state index contributed by atoms with van der Waals surface area (Å²) in [6.07, 6.45) is 1.55. The van der Waals surface area contributed by atoms with Gasteiger partial charge in [-0.3, -0.25) is 4.79 Å². The predicted octanol–water partition coefficient (Wildman–Crippen LogP) is 2.38. The zero-order valence-corrected chi connectivity index (χ0v) is 13.7. The average molecular weight is 328 g/mol. The molecule has 3 rings (SSSR count). The standard InChI is InChI=1S/C17H20N4O3/c1-11(2)10-19-16(22)13-5-6-18-17(21-13)20-12-3-4-14-15(9-12)24-8-7-23-14/h3-6,9,11H,7-8,10H2,1-2H3,(H,19,22)(H,18,20,21). The molecule has 126 valence electrons. The number of ether oxygens (including phenoxy) is 2. The molecule has 0 bridgehead atoms. The van der Waals surface area contributed by atoms with Crippen LogP contribution in [0, 0.1) is 5.92 Å². The van der Waals surface area contributed by atoms with Gasteiger partial charge in [0.1, 0.15) is 18.9 Å². The van der Waals surface area contributed by atoms with Gasteiger partial charge in [0.05, 0.1) is 0 Å². The molecule has 0 spiro atoms. The number of rotatable bonds is 5. The third kappa shape index (κ3) is 3.92. The van der Waals surface area contributed by atoms with Gasteiger partial charge in [-0.25, -0.2) is 9.97 Å². The molecule has 0 radical (unpaired) electrons. The van der Waals surface area contributed by atoms with E-state index in [4.69, 9.17) is 9.47 Å². The van der Waals surface area contributed by atoms with Gasteiger partial charge in [-0.2, -0.15) is 0 Å². The molecule has 7 heteroatoms. The number of hydrogen-bond donors (Lipinski definition) is 2. The summed E-state index contributed by atoms with van der Waals surface area (Å²) in [6.45, 7) is 5.76. The molecule has 0 saturated heterocycles. The largest absolute Gasteiger partial charge is 0.486 e. The Hall–Kier alpha value is -2.83. The lowest BCUT2D eigenvalue weighted by atomic mass is 10.2. The third-order valence-corrected chi connectivity index (χ3v) is 3.36. The van der Waals surface area contributed by atoms with E-state index in [1.54, 1.807) is 12.3 Å². The van der Waals surface area contributed by atoms with Crippen LogP contribution in [0.25, 0.3) is 0 Å². The highest BCUT2D eigenvalue weighted by Gasteiger charge is 2.13. The summed E-state index contributed by atoms with van der Waals surface area (Å²) in [5.41, 5.74) is 1.09. The Kier molecular flexibility index (Phi) is 4.79. The van der Waals surface area contributed by atoms with Crippen molar-refractivity contribution in [1.29, 1.82) is 0 Å². The molecule has 2 aromatic rings. The van der Waals surface area contributed by atoms with E-state index in [1.807, 2.05) is 32.0 Å². The predicted molar refractivity (Wildman–Crippen MR) is 89.9 cm³/mol. The van der Waals surface area contributed by atoms with Crippen LogP contribution in [-0.4, -0.2) is 35.6 Å². The third-order valence-electron chi connectivity index (χ3n) is 3.36. The van der Waals surface area contributed by atoms with Crippen LogP contribution in [0.1, 0.15) is 24.3 Å². The van der Waals surface area contributed by atoms with Crippen molar-refractivity contribution in [3.8, 4) is 11.5 Å². The van der Waals surface area contributed by atoms with Crippen molar-refractivity contribution in [2.75, 3.05) is 25.1 Å². The van der Waals surface area contributed by atoms with Gasteiger partial charge in [-0.05, 0) is 24.1 Å². The van der Waals surface area contributed by atoms with Crippen LogP contribution in [0.3, 0.4) is 0 Å². The molecule has 1 aliphatic rings. The maximum atomic E-state index is 12.1. The van der Waals surface area contributed by atoms with Crippen molar-refractivity contribution >= 4 is 17.5 Å². The van der Waals surface area contributed by atoms with Crippen molar-refractivity contribution in [1.82, 2.24) is 15.3 Å². The molecule has 24 heavy (non-hydrogen) atoms. The van der Waals surface area contributed by atoms with E-state index in [9.17, 15) is 4.79 Å². The Morgan fingerprint density at radius 2 is 2.00 bits per heavy atom. The molecule has 2 heterocycles. The van der Waals surface area contributed by atoms with E-state index in [2.05, 4.69) is 20.6 Å². The van der Waals surface area contributed by atoms with Crippen LogP contribution in [0.15, 0.2) is 30.5 Å². The number of aromatic nitrogens is 2. The molecule has 0 aliphatic carbocycles. The zero-order chi connectivity index (χ0) is 16.9. The van der Waals surface area contributed by atoms with Crippen LogP contribution in [0.5, 0.6) is 11.5 Å². The topological polar surface area (TPSA) is 85.4 Å². The smallest absolute Gasteiger partial charge is 0.270 e. The minimum atomic E-state index is -0.212. The van der Waals surface area contributed by atoms with E-state index < -0.39 is 0 Å². The Labute approximate surface area is 140 Å². The summed E-state index contributed by atoms with van der Waals surface area (Å²) in [5.74, 6) is 1.91. The fourth-order valence-corrected chi connectivity index (χ4v) is 2.18. The number of amides is 1. The normalized spacial score (nSPS) is 12.8. The van der Waals surface area contributed by atoms with Crippen LogP contribution < -0.4 is 20.1 Å². The number of fused-ring (bicyclic) bond motifs is 1. The molecular formula is C17H20N4O3. The summed E-state index contributed by atoms with van der Waals surface area (Å²) in [6, 6.07) is 7.09. The number of nitrogens with one attached hydrogen (secondary N) is 2. The molecule has 0 fully saturated rings. The van der Waals surface area contributed by atoms with E-state index in [0.29, 0.717) is 43.1 Å². The van der Waals surface area contributed by atoms with Crippen molar-refractivity contribution in [2.24, 2.45) is 5.92 Å². The first kappa shape index (κ1) is 16.0. The minimum Gasteiger partial charge on any atom is -0.486 e. The fraction of sp³-hybridized carbons (Fsp3) is 0.353. The van der Waals surface area contributed by atoms with Crippen molar-refractivity contribution in [2.45, 2.75) is 13.8 Å². The van der Waals surface area contributed by atoms with E-state index in [1.165, 1.54) is 0 Å². The molecular weight excluding hydrogens is 308 g/mol. The highest BCUT2D eigenvalue weighted by Crippen LogP contribution is 2.33. The maximum Gasteiger partial charge on any atom is 0.270 e. The van der Waals surface area contributed by atoms with Crippen LogP contribution in [0.2, 0.25) is 0 Å². The molecule has 0 unspecified atom stereocenters. The minimum absolute atomic E-state index is 0.212. The van der Waals surface area contributed by atoms with E-state index >= 15 is 0 Å². The molecule has 1 aromatic heterocycles. The van der Waals surface area contributed by atoms with Crippen molar-refractivity contribution in [3.05, 3.63) is 36.2 Å². The van der Waals surface area contributed by atoms with Crippen LogP contribution in [-0.2, 0) is 0 Å². The fourth-order valence-electron chi connectivity index (χ4n) is 2.18. The van der Waals surface area contributed by atoms with Gasteiger partial charge in [0.2, 0.25) is 5.95 Å². The first-order valence-electron chi connectivity index (χ1n) is 7.90. The summed E-state index contributed by atoms with van der Waals surface area (Å²) >= 11 is 0. The number of carbonyl (C=O) groups excluding carboxylic acids is 1. The monoisotopic (exact) mass is 328 g/mol. The summed E-state index contributed by atoms with van der Waals surface area (Å²) in [7, 11) is 0. The number of benzene rings is 1. The Bertz CT molecular complexity index is 734. The highest BCUT2D eigenvalue weighted by molar-refractivity contribution is 5.92. The number of anilines is 2. The van der Waals surface area contributed by atoms with E-state index in [0.717, 1.165) is 11.4 Å². The highest BCUT2D eigenvalue weighted by atomic mass is 16.6. The number of hydrogen-bond acceptors (Lipinski definition) is 6. The Morgan fingerprint density at radius 1 is 1.21 bits per heavy atom. The molecule has 1 aliphatic heterocycles. The van der Waals surface area contributed by atoms with Crippen molar-refractivity contribution < 1.29 is 14.3 Å². The van der Waals surface area contributed by atoms with Gasteiger partial charge in [0, 0.05) is 24.5 Å². The first-order chi connectivity index (χ1) is 11.6. The molecule has 1 aromatic carbocycles. The lowest BCUT2D eigenvalue weighted by molar-refractivity contribution is 0.0944. The molecule has 0 saturated carbocycles. The Balaban J connectivity index is 1.71. The zero-order valence-electron chi connectivity index (χ0n) is 13.7. The maximum absolute atomic E-state index is 12.1. The number of nitrogens with zero attached hydrogens (tertiary/aromatic N) is 2. The van der Waals surface area contributed by atoms with Gasteiger partial charge in [-0.1, -0.05) is 13.8 Å². The van der Waals surface area contributed by atoms with Crippen LogP contribution >= 0.6 is 0 Å². The van der Waals surface area contributed by atoms with Gasteiger partial charge in [0.25, 0.3) is 5.91 Å². The average Bonchev–Trinajstić information content (AvgIpc) is 2.60. The summed E-state index contributed by atoms with van der Waals surface area (Å²) in [4.78, 5) is 20.5. The SMILES string of the molecule is CC(C)CNC(=O)c1ccnc(Nc2ccc3c(c2)OCCO3)n1. The van der Waals surface area contributed by atoms with Gasteiger partial charge >= 0.3 is 0 Å². The summed E-state index contributed by atoms with van der Waals surface area (Å²) < 4.78 is 11.0. The molecule has 1 amide bonds. The molecule has 0 atom stereocenters. The van der Waals surface area contributed by atoms with Gasteiger partial charge in [0.15, 0.2) is 11.5 Å². The van der Waals surface area contributed by atoms with E-state index in [-0.39, 0.29) is 5.91 Å². The first-order valence-corrected chi connectivity index (χ1v) is 7.90. The number of carbonyl (C=O) groups is 1. The van der Waals surface area contributed by atoms with Gasteiger partial charge in [-0.15, -0.1) is 0 Å². The quantitative estimate of drug-likeness (QED) is 0.876. The summed E-state index contributed by atoms with van der Waals surface area (Å²) in [5, 5.41) is 5.91.